The van der Waals surface area contributed by atoms with E-state index in [9.17, 15) is 18.7 Å². The Labute approximate surface area is 227 Å². The molecule has 1 saturated heterocycles. The number of esters is 1. The zero-order valence-electron chi connectivity index (χ0n) is 21.9. The lowest BCUT2D eigenvalue weighted by Crippen LogP contribution is -2.20. The predicted octanol–water partition coefficient (Wildman–Crippen LogP) is 4.68. The molecule has 0 aromatic heterocycles. The first-order valence-electron chi connectivity index (χ1n) is 13.1. The van der Waals surface area contributed by atoms with Gasteiger partial charge in [-0.1, -0.05) is 18.7 Å². The number of aliphatic hydroxyl groups excluding tert-OH is 1. The molecule has 1 aliphatic rings. The van der Waals surface area contributed by atoms with Crippen LogP contribution in [0.3, 0.4) is 0 Å². The third kappa shape index (κ3) is 10.9. The van der Waals surface area contributed by atoms with Crippen molar-refractivity contribution in [2.75, 3.05) is 52.9 Å². The SMILES string of the molecule is C=CC(=O)OCCOc1c(F)cc(-c2ccc(OCCOC(O)CCOCCC3CCOCC3)cc2)cc1F. The van der Waals surface area contributed by atoms with Crippen LogP contribution in [-0.4, -0.2) is 70.2 Å². The van der Waals surface area contributed by atoms with Crippen LogP contribution < -0.4 is 9.47 Å². The van der Waals surface area contributed by atoms with Gasteiger partial charge < -0.3 is 33.5 Å². The van der Waals surface area contributed by atoms with E-state index in [1.807, 2.05) is 0 Å². The van der Waals surface area contributed by atoms with Crippen molar-refractivity contribution in [2.45, 2.75) is 32.0 Å². The van der Waals surface area contributed by atoms with Gasteiger partial charge in [0.1, 0.15) is 25.6 Å². The van der Waals surface area contributed by atoms with Gasteiger partial charge in [0, 0.05) is 32.3 Å². The Hall–Kier alpha value is -3.05. The summed E-state index contributed by atoms with van der Waals surface area (Å²) in [5.41, 5.74) is 0.901. The molecule has 1 atom stereocenters. The minimum Gasteiger partial charge on any atom is -0.491 e. The smallest absolute Gasteiger partial charge is 0.330 e. The number of hydrogen-bond donors (Lipinski definition) is 1. The van der Waals surface area contributed by atoms with Gasteiger partial charge >= 0.3 is 5.97 Å². The maximum absolute atomic E-state index is 14.4. The maximum atomic E-state index is 14.4. The molecule has 10 heteroatoms. The van der Waals surface area contributed by atoms with Crippen LogP contribution in [0, 0.1) is 17.6 Å². The first-order valence-corrected chi connectivity index (χ1v) is 13.1. The summed E-state index contributed by atoms with van der Waals surface area (Å²) in [4.78, 5) is 11.0. The molecule has 0 aliphatic carbocycles. The van der Waals surface area contributed by atoms with E-state index in [0.29, 0.717) is 42.4 Å². The van der Waals surface area contributed by atoms with E-state index < -0.39 is 29.6 Å². The van der Waals surface area contributed by atoms with Gasteiger partial charge in [0.05, 0.1) is 13.2 Å². The molecule has 1 aliphatic heterocycles. The number of hydrogen-bond acceptors (Lipinski definition) is 8. The number of carbonyl (C=O) groups is 1. The second kappa shape index (κ2) is 16.8. The van der Waals surface area contributed by atoms with E-state index >= 15 is 0 Å². The molecule has 0 spiro atoms. The fourth-order valence-corrected chi connectivity index (χ4v) is 3.95. The van der Waals surface area contributed by atoms with E-state index in [0.717, 1.165) is 50.7 Å². The highest BCUT2D eigenvalue weighted by Gasteiger charge is 2.15. The minimum atomic E-state index is -0.932. The Morgan fingerprint density at radius 2 is 1.67 bits per heavy atom. The second-order valence-electron chi connectivity index (χ2n) is 8.93. The van der Waals surface area contributed by atoms with Crippen molar-refractivity contribution in [2.24, 2.45) is 5.92 Å². The Kier molecular flexibility index (Phi) is 13.1. The van der Waals surface area contributed by atoms with Crippen LogP contribution in [0.2, 0.25) is 0 Å². The van der Waals surface area contributed by atoms with Crippen molar-refractivity contribution in [3.05, 3.63) is 60.7 Å². The lowest BCUT2D eigenvalue weighted by Gasteiger charge is -2.21. The highest BCUT2D eigenvalue weighted by molar-refractivity contribution is 5.81. The molecule has 214 valence electrons. The summed E-state index contributed by atoms with van der Waals surface area (Å²) >= 11 is 0. The van der Waals surface area contributed by atoms with Crippen molar-refractivity contribution >= 4 is 5.97 Å². The van der Waals surface area contributed by atoms with Crippen LogP contribution in [0.1, 0.15) is 25.7 Å². The van der Waals surface area contributed by atoms with Gasteiger partial charge in [-0.25, -0.2) is 13.6 Å². The monoisotopic (exact) mass is 550 g/mol. The van der Waals surface area contributed by atoms with Crippen LogP contribution in [-0.2, 0) is 23.7 Å². The van der Waals surface area contributed by atoms with E-state index in [-0.39, 0.29) is 26.4 Å². The summed E-state index contributed by atoms with van der Waals surface area (Å²) in [5, 5.41) is 9.95. The van der Waals surface area contributed by atoms with E-state index in [2.05, 4.69) is 6.58 Å². The molecule has 0 saturated carbocycles. The lowest BCUT2D eigenvalue weighted by molar-refractivity contribution is -0.138. The van der Waals surface area contributed by atoms with Gasteiger partial charge in [0.15, 0.2) is 23.7 Å². The average molecular weight is 551 g/mol. The molecule has 39 heavy (non-hydrogen) atoms. The number of aliphatic hydroxyl groups is 1. The van der Waals surface area contributed by atoms with Crippen LogP contribution in [0.25, 0.3) is 11.1 Å². The number of ether oxygens (including phenoxy) is 6. The molecular formula is C29H36F2O8. The summed E-state index contributed by atoms with van der Waals surface area (Å²) in [7, 11) is 0. The van der Waals surface area contributed by atoms with Gasteiger partial charge in [-0.05, 0) is 60.6 Å². The van der Waals surface area contributed by atoms with Crippen LogP contribution in [0.5, 0.6) is 11.5 Å². The van der Waals surface area contributed by atoms with Crippen molar-refractivity contribution in [1.82, 2.24) is 0 Å². The molecular weight excluding hydrogens is 514 g/mol. The highest BCUT2D eigenvalue weighted by Crippen LogP contribution is 2.30. The summed E-state index contributed by atoms with van der Waals surface area (Å²) in [6.45, 7) is 6.04. The summed E-state index contributed by atoms with van der Waals surface area (Å²) < 4.78 is 60.6. The normalized spacial score (nSPS) is 14.5. The highest BCUT2D eigenvalue weighted by atomic mass is 19.1. The third-order valence-corrected chi connectivity index (χ3v) is 6.11. The Morgan fingerprint density at radius 1 is 0.974 bits per heavy atom. The summed E-state index contributed by atoms with van der Waals surface area (Å²) in [6.07, 6.45) is 3.60. The molecule has 1 heterocycles. The topological polar surface area (TPSA) is 92.7 Å². The van der Waals surface area contributed by atoms with Crippen molar-refractivity contribution in [3.8, 4) is 22.6 Å². The van der Waals surface area contributed by atoms with Gasteiger partial charge in [0.2, 0.25) is 0 Å². The molecule has 2 aromatic carbocycles. The molecule has 0 bridgehead atoms. The summed E-state index contributed by atoms with van der Waals surface area (Å²) in [6, 6.07) is 9.01. The number of halogens is 2. The number of carbonyl (C=O) groups excluding carboxylic acids is 1. The molecule has 3 rings (SSSR count). The van der Waals surface area contributed by atoms with Crippen molar-refractivity contribution in [3.63, 3.8) is 0 Å². The molecule has 2 aromatic rings. The van der Waals surface area contributed by atoms with Gasteiger partial charge in [-0.3, -0.25) is 0 Å². The zero-order valence-corrected chi connectivity index (χ0v) is 21.9. The Balaban J connectivity index is 1.33. The summed E-state index contributed by atoms with van der Waals surface area (Å²) in [5.74, 6) is -1.74. The molecule has 1 unspecified atom stereocenters. The quantitative estimate of drug-likeness (QED) is 0.131. The first-order chi connectivity index (χ1) is 19.0. The predicted molar refractivity (Wildman–Crippen MR) is 139 cm³/mol. The van der Waals surface area contributed by atoms with Crippen molar-refractivity contribution in [1.29, 1.82) is 0 Å². The van der Waals surface area contributed by atoms with Gasteiger partial charge in [-0.2, -0.15) is 0 Å². The molecule has 0 radical (unpaired) electrons. The Morgan fingerprint density at radius 3 is 2.36 bits per heavy atom. The fraction of sp³-hybridized carbons (Fsp3) is 0.483. The lowest BCUT2D eigenvalue weighted by atomic mass is 9.97. The van der Waals surface area contributed by atoms with Crippen molar-refractivity contribution < 1.29 is 47.1 Å². The van der Waals surface area contributed by atoms with Gasteiger partial charge in [0.25, 0.3) is 0 Å². The molecule has 0 amide bonds. The largest absolute Gasteiger partial charge is 0.491 e. The average Bonchev–Trinajstić information content (AvgIpc) is 2.95. The fourth-order valence-electron chi connectivity index (χ4n) is 3.95. The van der Waals surface area contributed by atoms with Gasteiger partial charge in [-0.15, -0.1) is 0 Å². The number of rotatable bonds is 17. The van der Waals surface area contributed by atoms with E-state index in [4.69, 9.17) is 28.4 Å². The van der Waals surface area contributed by atoms with E-state index in [1.165, 1.54) is 0 Å². The van der Waals surface area contributed by atoms with E-state index in [1.54, 1.807) is 24.3 Å². The number of benzene rings is 2. The van der Waals surface area contributed by atoms with Crippen LogP contribution in [0.15, 0.2) is 49.1 Å². The maximum Gasteiger partial charge on any atom is 0.330 e. The third-order valence-electron chi connectivity index (χ3n) is 6.11. The minimum absolute atomic E-state index is 0.164. The standard InChI is InChI=1S/C29H36F2O8/c1-2-27(32)37-17-18-39-29-25(30)19-23(20-26(29)31)22-3-5-24(6-4-22)36-15-16-38-28(33)10-14-35-13-9-21-7-11-34-12-8-21/h2-6,19-21,28,33H,1,7-18H2. The zero-order chi connectivity index (χ0) is 27.9. The molecule has 8 nitrogen and oxygen atoms in total. The molecule has 1 fully saturated rings. The van der Waals surface area contributed by atoms with Crippen LogP contribution in [0.4, 0.5) is 8.78 Å². The molecule has 1 N–H and O–H groups in total. The Bertz CT molecular complexity index is 1000. The van der Waals surface area contributed by atoms with Crippen LogP contribution >= 0.6 is 0 Å². The first kappa shape index (κ1) is 30.5. The second-order valence-corrected chi connectivity index (χ2v) is 8.93.